The van der Waals surface area contributed by atoms with Gasteiger partial charge >= 0.3 is 6.03 Å². The van der Waals surface area contributed by atoms with E-state index in [0.717, 1.165) is 32.5 Å². The number of nitrogens with one attached hydrogen (secondary N) is 1. The van der Waals surface area contributed by atoms with Crippen LogP contribution >= 0.6 is 11.3 Å². The summed E-state index contributed by atoms with van der Waals surface area (Å²) in [5.74, 6) is -0.838. The summed E-state index contributed by atoms with van der Waals surface area (Å²) in [5.41, 5.74) is 9.95. The lowest BCUT2D eigenvalue weighted by Crippen LogP contribution is -2.65. The predicted molar refractivity (Wildman–Crippen MR) is 172 cm³/mol. The lowest BCUT2D eigenvalue weighted by molar-refractivity contribution is -0.157. The minimum absolute atomic E-state index is 0.0869. The number of fused-ring (bicyclic) bond motifs is 2. The van der Waals surface area contributed by atoms with Gasteiger partial charge in [0.05, 0.1) is 23.3 Å². The fourth-order valence-corrected chi connectivity index (χ4v) is 6.74. The highest BCUT2D eigenvalue weighted by molar-refractivity contribution is 7.22. The summed E-state index contributed by atoms with van der Waals surface area (Å²) in [7, 11) is 1.58. The third-order valence-electron chi connectivity index (χ3n) is 8.26. The Morgan fingerprint density at radius 2 is 1.85 bits per heavy atom. The van der Waals surface area contributed by atoms with Crippen LogP contribution in [0.2, 0.25) is 0 Å². The molecule has 13 heteroatoms. The minimum Gasteiger partial charge on any atom is -0.375 e. The maximum atomic E-state index is 14.2. The number of nitrogens with zero attached hydrogens (tertiary/aromatic N) is 5. The molecule has 11 nitrogen and oxygen atoms in total. The Labute approximate surface area is 268 Å². The van der Waals surface area contributed by atoms with Crippen LogP contribution in [0.25, 0.3) is 16.3 Å². The van der Waals surface area contributed by atoms with E-state index < -0.39 is 18.2 Å². The molecule has 46 heavy (non-hydrogen) atoms. The number of hydrogen-bond donors (Lipinski definition) is 2. The summed E-state index contributed by atoms with van der Waals surface area (Å²) in [4.78, 5) is 59.5. The first kappa shape index (κ1) is 30.9. The number of carbonyl (C=O) groups excluding carboxylic acids is 4. The van der Waals surface area contributed by atoms with Gasteiger partial charge in [-0.1, -0.05) is 65.9 Å². The van der Waals surface area contributed by atoms with Crippen molar-refractivity contribution >= 4 is 56.9 Å². The smallest absolute Gasteiger partial charge is 0.332 e. The Bertz CT molecular complexity index is 1810. The van der Waals surface area contributed by atoms with Gasteiger partial charge in [-0.25, -0.2) is 14.2 Å². The second-order valence-electron chi connectivity index (χ2n) is 11.2. The first-order valence-corrected chi connectivity index (χ1v) is 15.5. The van der Waals surface area contributed by atoms with Crippen molar-refractivity contribution in [2.24, 2.45) is 0 Å². The molecule has 0 aliphatic carbocycles. The molecule has 0 radical (unpaired) electrons. The lowest BCUT2D eigenvalue weighted by atomic mass is 9.99. The molecule has 0 bridgehead atoms. The van der Waals surface area contributed by atoms with Crippen LogP contribution in [0.5, 0.6) is 0 Å². The molecule has 2 aliphatic rings. The van der Waals surface area contributed by atoms with E-state index in [9.17, 15) is 23.6 Å². The molecule has 1 aromatic heterocycles. The maximum Gasteiger partial charge on any atom is 0.332 e. The molecule has 3 aromatic carbocycles. The zero-order chi connectivity index (χ0) is 32.4. The van der Waals surface area contributed by atoms with Crippen molar-refractivity contribution in [1.29, 1.82) is 0 Å². The molecule has 0 unspecified atom stereocenters. The van der Waals surface area contributed by atoms with Crippen molar-refractivity contribution < 1.29 is 23.6 Å². The van der Waals surface area contributed by atoms with Crippen LogP contribution in [0, 0.1) is 5.82 Å². The van der Waals surface area contributed by atoms with Crippen molar-refractivity contribution in [2.75, 3.05) is 25.9 Å². The number of hydrogen-bond acceptors (Lipinski definition) is 8. The summed E-state index contributed by atoms with van der Waals surface area (Å²) in [6.45, 7) is 0.502. The van der Waals surface area contributed by atoms with Crippen LogP contribution < -0.4 is 11.1 Å². The third kappa shape index (κ3) is 6.32. The second kappa shape index (κ2) is 13.1. The molecular weight excluding hydrogens is 609 g/mol. The topological polar surface area (TPSA) is 132 Å². The lowest BCUT2D eigenvalue weighted by Gasteiger charge is -2.45. The first-order valence-electron chi connectivity index (χ1n) is 14.7. The average Bonchev–Trinajstić information content (AvgIpc) is 3.60. The van der Waals surface area contributed by atoms with Crippen molar-refractivity contribution in [1.82, 2.24) is 30.1 Å². The Balaban J connectivity index is 1.27. The Morgan fingerprint density at radius 1 is 1.11 bits per heavy atom. The van der Waals surface area contributed by atoms with E-state index in [4.69, 9.17) is 5.73 Å². The number of halogens is 1. The number of piperazine rings is 1. The largest absolute Gasteiger partial charge is 0.375 e. The highest BCUT2D eigenvalue weighted by Gasteiger charge is 2.51. The summed E-state index contributed by atoms with van der Waals surface area (Å²) in [6.07, 6.45) is 3.45. The van der Waals surface area contributed by atoms with Gasteiger partial charge in [-0.05, 0) is 46.5 Å². The number of carbonyl (C=O) groups is 4. The second-order valence-corrected chi connectivity index (χ2v) is 12.2. The molecule has 6 rings (SSSR count). The van der Waals surface area contributed by atoms with Crippen LogP contribution in [-0.2, 0) is 33.9 Å². The van der Waals surface area contributed by atoms with Crippen LogP contribution in [-0.4, -0.2) is 81.3 Å². The van der Waals surface area contributed by atoms with E-state index in [1.54, 1.807) is 40.1 Å². The SMILES string of the molecule is CN(C(=O)NCc1ccc(F)cc1)N1CC(=O)N2[C@@H](Cc3ccc(/C=C\C=O)cc3)C(=O)N(Cc3cccc4sc(N)nc34)C[C@@H]21. The Kier molecular flexibility index (Phi) is 8.77. The van der Waals surface area contributed by atoms with E-state index >= 15 is 0 Å². The highest BCUT2D eigenvalue weighted by Crippen LogP contribution is 2.32. The van der Waals surface area contributed by atoms with Gasteiger partial charge < -0.3 is 20.9 Å². The van der Waals surface area contributed by atoms with Crippen LogP contribution in [0.3, 0.4) is 0 Å². The number of urea groups is 1. The fraction of sp³-hybridized carbons (Fsp3) is 0.242. The number of allylic oxidation sites excluding steroid dienone is 1. The van der Waals surface area contributed by atoms with E-state index in [2.05, 4.69) is 10.3 Å². The van der Waals surface area contributed by atoms with E-state index in [1.807, 2.05) is 42.5 Å². The number of aromatic nitrogens is 1. The molecular formula is C33H32FN7O4S. The van der Waals surface area contributed by atoms with Gasteiger partial charge in [-0.3, -0.25) is 19.4 Å². The van der Waals surface area contributed by atoms with Gasteiger partial charge in [-0.2, -0.15) is 5.01 Å². The van der Waals surface area contributed by atoms with Gasteiger partial charge in [0.1, 0.15) is 24.3 Å². The number of para-hydroxylation sites is 1. The first-order chi connectivity index (χ1) is 22.2. The standard InChI is InChI=1S/C33H32FN7O4S/c1-38(33(45)36-17-23-11-13-25(34)14-12-23)40-20-29(43)41-26(16-22-9-7-21(8-10-22)4-3-15-42)31(44)39(19-28(40)41)18-24-5-2-6-27-30(24)37-32(35)46-27/h2-15,26,28H,16-20H2,1H3,(H2,35,37)(H,36,45)/b4-3-/t26-,28+/m0/s1. The summed E-state index contributed by atoms with van der Waals surface area (Å²) in [6, 6.07) is 17.8. The predicted octanol–water partition coefficient (Wildman–Crippen LogP) is 3.41. The monoisotopic (exact) mass is 641 g/mol. The molecule has 2 aliphatic heterocycles. The van der Waals surface area contributed by atoms with Crippen molar-refractivity contribution in [3.63, 3.8) is 0 Å². The van der Waals surface area contributed by atoms with Gasteiger partial charge in [0.15, 0.2) is 5.13 Å². The Morgan fingerprint density at radius 3 is 2.59 bits per heavy atom. The Hall–Kier alpha value is -5.14. The van der Waals surface area contributed by atoms with Crippen LogP contribution in [0.1, 0.15) is 22.3 Å². The molecule has 3 heterocycles. The van der Waals surface area contributed by atoms with Gasteiger partial charge in [-0.15, -0.1) is 0 Å². The van der Waals surface area contributed by atoms with Crippen LogP contribution in [0.4, 0.5) is 14.3 Å². The van der Waals surface area contributed by atoms with Crippen molar-refractivity contribution in [2.45, 2.75) is 31.7 Å². The summed E-state index contributed by atoms with van der Waals surface area (Å²) in [5, 5.41) is 6.30. The van der Waals surface area contributed by atoms with Crippen LogP contribution in [0.15, 0.2) is 72.8 Å². The van der Waals surface area contributed by atoms with Crippen molar-refractivity contribution in [3.05, 3.63) is 101 Å². The average molecular weight is 642 g/mol. The number of amides is 4. The van der Waals surface area contributed by atoms with Gasteiger partial charge in [0.2, 0.25) is 11.8 Å². The van der Waals surface area contributed by atoms with E-state index in [1.165, 1.54) is 34.6 Å². The zero-order valence-corrected chi connectivity index (χ0v) is 25.8. The number of nitrogen functional groups attached to an aromatic ring is 1. The molecule has 4 aromatic rings. The molecule has 2 atom stereocenters. The van der Waals surface area contributed by atoms with E-state index in [-0.39, 0.29) is 50.2 Å². The number of hydrazine groups is 1. The number of nitrogens with two attached hydrogens (primary N) is 1. The number of benzene rings is 3. The number of aldehydes is 1. The molecule has 2 fully saturated rings. The van der Waals surface area contributed by atoms with Gasteiger partial charge in [0.25, 0.3) is 0 Å². The molecule has 236 valence electrons. The van der Waals surface area contributed by atoms with Gasteiger partial charge in [0, 0.05) is 26.6 Å². The molecule has 2 saturated heterocycles. The number of rotatable bonds is 9. The quantitative estimate of drug-likeness (QED) is 0.212. The summed E-state index contributed by atoms with van der Waals surface area (Å²) >= 11 is 1.37. The fourth-order valence-electron chi connectivity index (χ4n) is 5.96. The molecule has 0 saturated carbocycles. The molecule has 3 N–H and O–H groups in total. The molecule has 0 spiro atoms. The third-order valence-corrected chi connectivity index (χ3v) is 9.11. The maximum absolute atomic E-state index is 14.2. The number of anilines is 1. The zero-order valence-electron chi connectivity index (χ0n) is 25.0. The number of thiazole rings is 1. The van der Waals surface area contributed by atoms with E-state index in [0.29, 0.717) is 11.4 Å². The normalized spacial score (nSPS) is 18.4. The van der Waals surface area contributed by atoms with Crippen molar-refractivity contribution in [3.8, 4) is 0 Å². The molecule has 4 amide bonds. The summed E-state index contributed by atoms with van der Waals surface area (Å²) < 4.78 is 14.2. The highest BCUT2D eigenvalue weighted by atomic mass is 32.1. The minimum atomic E-state index is -0.817.